The average Bonchev–Trinajstić information content (AvgIpc) is 2.99. The Kier molecular flexibility index (Phi) is 8.22. The van der Waals surface area contributed by atoms with Gasteiger partial charge in [-0.25, -0.2) is 4.79 Å². The van der Waals surface area contributed by atoms with E-state index in [0.29, 0.717) is 24.9 Å². The number of rotatable bonds is 8. The van der Waals surface area contributed by atoms with Crippen LogP contribution < -0.4 is 14.9 Å². The third kappa shape index (κ3) is 6.15. The van der Waals surface area contributed by atoms with Crippen LogP contribution >= 0.6 is 0 Å². The van der Waals surface area contributed by atoms with Gasteiger partial charge in [-0.3, -0.25) is 0 Å². The molecular formula is C25H40BNO6. The number of ether oxygens (including phenoxy) is 3. The van der Waals surface area contributed by atoms with Crippen molar-refractivity contribution < 1.29 is 28.3 Å². The minimum Gasteiger partial charge on any atom is -0.497 e. The molecule has 1 aromatic rings. The Hall–Kier alpha value is -1.93. The second-order valence-corrected chi connectivity index (χ2v) is 10.4. The predicted molar refractivity (Wildman–Crippen MR) is 129 cm³/mol. The maximum atomic E-state index is 12.5. The zero-order valence-corrected chi connectivity index (χ0v) is 21.3. The van der Waals surface area contributed by atoms with Crippen molar-refractivity contribution in [2.75, 3.05) is 26.9 Å². The van der Waals surface area contributed by atoms with Crippen molar-refractivity contribution in [1.82, 2.24) is 4.90 Å². The van der Waals surface area contributed by atoms with Gasteiger partial charge in [-0.2, -0.15) is 0 Å². The van der Waals surface area contributed by atoms with Gasteiger partial charge in [0.2, 0.25) is 0 Å². The molecular weight excluding hydrogens is 421 g/mol. The van der Waals surface area contributed by atoms with Crippen molar-refractivity contribution in [2.24, 2.45) is 5.92 Å². The zero-order valence-electron chi connectivity index (χ0n) is 21.3. The largest absolute Gasteiger partial charge is 0.498 e. The van der Waals surface area contributed by atoms with E-state index in [4.69, 9.17) is 23.5 Å². The number of benzene rings is 1. The molecule has 8 heteroatoms. The van der Waals surface area contributed by atoms with Gasteiger partial charge in [0, 0.05) is 24.5 Å². The Morgan fingerprint density at radius 2 is 1.88 bits per heavy atom. The minimum atomic E-state index is -0.530. The summed E-state index contributed by atoms with van der Waals surface area (Å²) in [6.07, 6.45) is 3.66. The second kappa shape index (κ2) is 10.6. The molecule has 2 aliphatic rings. The normalized spacial score (nSPS) is 21.9. The molecule has 0 bridgehead atoms. The lowest BCUT2D eigenvalue weighted by molar-refractivity contribution is 0.00578. The van der Waals surface area contributed by atoms with Gasteiger partial charge in [-0.15, -0.1) is 0 Å². The van der Waals surface area contributed by atoms with Crippen LogP contribution in [0.3, 0.4) is 0 Å². The van der Waals surface area contributed by atoms with E-state index in [9.17, 15) is 4.79 Å². The van der Waals surface area contributed by atoms with Crippen molar-refractivity contribution in [3.8, 4) is 11.5 Å². The molecule has 1 amide bonds. The molecule has 0 aromatic heterocycles. The van der Waals surface area contributed by atoms with Crippen molar-refractivity contribution in [3.63, 3.8) is 0 Å². The van der Waals surface area contributed by atoms with Gasteiger partial charge < -0.3 is 28.4 Å². The Morgan fingerprint density at radius 1 is 1.18 bits per heavy atom. The number of hydrogen-bond acceptors (Lipinski definition) is 6. The van der Waals surface area contributed by atoms with Crippen LogP contribution in [0.2, 0.25) is 0 Å². The number of carbonyl (C=O) groups excluding carboxylic acids is 1. The van der Waals surface area contributed by atoms with E-state index in [1.165, 1.54) is 0 Å². The Morgan fingerprint density at radius 3 is 2.52 bits per heavy atom. The SMILES string of the molecule is COc1ccc(OCCC2CCCCN2C(=O)OCC(C)C)cc1B1OC(C)(C)C(C)(C)O1. The summed E-state index contributed by atoms with van der Waals surface area (Å²) in [6, 6.07) is 5.84. The standard InChI is InChI=1S/C25H40BNO6/c1-18(2)17-31-23(28)27-14-9-8-10-19(27)13-15-30-20-11-12-22(29-7)21(16-20)26-32-24(3,4)25(5,6)33-26/h11-12,16,18-19H,8-10,13-15,17H2,1-7H3. The number of carbonyl (C=O) groups is 1. The van der Waals surface area contributed by atoms with Crippen LogP contribution in [-0.4, -0.2) is 62.2 Å². The van der Waals surface area contributed by atoms with Crippen molar-refractivity contribution in [3.05, 3.63) is 18.2 Å². The van der Waals surface area contributed by atoms with Crippen molar-refractivity contribution in [2.45, 2.75) is 84.5 Å². The molecule has 2 fully saturated rings. The van der Waals surface area contributed by atoms with E-state index < -0.39 is 18.3 Å². The first kappa shape index (κ1) is 25.7. The number of nitrogens with zero attached hydrogens (tertiary/aromatic N) is 1. The fraction of sp³-hybridized carbons (Fsp3) is 0.720. The summed E-state index contributed by atoms with van der Waals surface area (Å²) in [5, 5.41) is 0. The van der Waals surface area contributed by atoms with E-state index in [-0.39, 0.29) is 12.1 Å². The third-order valence-electron chi connectivity index (χ3n) is 6.83. The maximum absolute atomic E-state index is 12.5. The van der Waals surface area contributed by atoms with E-state index in [1.807, 2.05) is 64.6 Å². The number of amides is 1. The number of hydrogen-bond donors (Lipinski definition) is 0. The van der Waals surface area contributed by atoms with Gasteiger partial charge >= 0.3 is 13.2 Å². The smallest absolute Gasteiger partial charge is 0.497 e. The summed E-state index contributed by atoms with van der Waals surface area (Å²) >= 11 is 0. The molecule has 1 aromatic carbocycles. The Balaban J connectivity index is 1.62. The maximum Gasteiger partial charge on any atom is 0.498 e. The van der Waals surface area contributed by atoms with Gasteiger partial charge in [0.25, 0.3) is 0 Å². The quantitative estimate of drug-likeness (QED) is 0.535. The molecule has 0 radical (unpaired) electrons. The molecule has 1 atom stereocenters. The molecule has 2 aliphatic heterocycles. The molecule has 0 spiro atoms. The van der Waals surface area contributed by atoms with E-state index in [2.05, 4.69) is 0 Å². The Bertz CT molecular complexity index is 796. The van der Waals surface area contributed by atoms with Crippen LogP contribution in [0.1, 0.15) is 67.2 Å². The first-order valence-electron chi connectivity index (χ1n) is 12.1. The molecule has 2 saturated heterocycles. The van der Waals surface area contributed by atoms with Crippen molar-refractivity contribution >= 4 is 18.7 Å². The van der Waals surface area contributed by atoms with Crippen LogP contribution in [0, 0.1) is 5.92 Å². The summed E-state index contributed by atoms with van der Waals surface area (Å²) in [5.74, 6) is 1.76. The van der Waals surface area contributed by atoms with E-state index >= 15 is 0 Å². The lowest BCUT2D eigenvalue weighted by atomic mass is 9.78. The van der Waals surface area contributed by atoms with Crippen LogP contribution in [0.25, 0.3) is 0 Å². The van der Waals surface area contributed by atoms with Gasteiger partial charge in [0.15, 0.2) is 0 Å². The highest BCUT2D eigenvalue weighted by Crippen LogP contribution is 2.37. The molecule has 2 heterocycles. The molecule has 184 valence electrons. The van der Waals surface area contributed by atoms with E-state index in [0.717, 1.165) is 43.4 Å². The van der Waals surface area contributed by atoms with Crippen LogP contribution in [0.5, 0.6) is 11.5 Å². The monoisotopic (exact) mass is 461 g/mol. The zero-order chi connectivity index (χ0) is 24.2. The first-order chi connectivity index (χ1) is 15.5. The molecule has 3 rings (SSSR count). The summed E-state index contributed by atoms with van der Waals surface area (Å²) in [7, 11) is 1.11. The highest BCUT2D eigenvalue weighted by Gasteiger charge is 2.52. The Labute approximate surface area is 199 Å². The number of piperidine rings is 1. The second-order valence-electron chi connectivity index (χ2n) is 10.4. The number of likely N-dealkylation sites (tertiary alicyclic amines) is 1. The molecule has 33 heavy (non-hydrogen) atoms. The van der Waals surface area contributed by atoms with Gasteiger partial charge in [-0.05, 0) is 71.1 Å². The molecule has 7 nitrogen and oxygen atoms in total. The summed E-state index contributed by atoms with van der Waals surface area (Å²) < 4.78 is 29.5. The van der Waals surface area contributed by atoms with Crippen LogP contribution in [-0.2, 0) is 14.0 Å². The predicted octanol–water partition coefficient (Wildman–Crippen LogP) is 4.41. The summed E-state index contributed by atoms with van der Waals surface area (Å²) in [6.45, 7) is 13.9. The third-order valence-corrected chi connectivity index (χ3v) is 6.83. The lowest BCUT2D eigenvalue weighted by Crippen LogP contribution is -2.45. The fourth-order valence-electron chi connectivity index (χ4n) is 4.13. The fourth-order valence-corrected chi connectivity index (χ4v) is 4.13. The minimum absolute atomic E-state index is 0.138. The molecule has 1 unspecified atom stereocenters. The average molecular weight is 461 g/mol. The van der Waals surface area contributed by atoms with Crippen LogP contribution in [0.15, 0.2) is 18.2 Å². The topological polar surface area (TPSA) is 66.5 Å². The molecule has 0 N–H and O–H groups in total. The van der Waals surface area contributed by atoms with Crippen LogP contribution in [0.4, 0.5) is 4.79 Å². The summed E-state index contributed by atoms with van der Waals surface area (Å²) in [4.78, 5) is 14.4. The molecule has 0 aliphatic carbocycles. The summed E-state index contributed by atoms with van der Waals surface area (Å²) in [5.41, 5.74) is -0.0623. The first-order valence-corrected chi connectivity index (χ1v) is 12.1. The number of methoxy groups -OCH3 is 1. The lowest BCUT2D eigenvalue weighted by Gasteiger charge is -2.35. The highest BCUT2D eigenvalue weighted by atomic mass is 16.7. The molecule has 0 saturated carbocycles. The van der Waals surface area contributed by atoms with Crippen molar-refractivity contribution in [1.29, 1.82) is 0 Å². The highest BCUT2D eigenvalue weighted by molar-refractivity contribution is 6.63. The van der Waals surface area contributed by atoms with Gasteiger partial charge in [-0.1, -0.05) is 13.8 Å². The van der Waals surface area contributed by atoms with Gasteiger partial charge in [0.05, 0.1) is 31.5 Å². The van der Waals surface area contributed by atoms with Gasteiger partial charge in [0.1, 0.15) is 11.5 Å². The van der Waals surface area contributed by atoms with E-state index in [1.54, 1.807) is 7.11 Å².